The molecule has 2 rings (SSSR count). The van der Waals surface area contributed by atoms with Gasteiger partial charge in [-0.1, -0.05) is 38.1 Å². The van der Waals surface area contributed by atoms with Gasteiger partial charge in [-0.3, -0.25) is 19.6 Å². The van der Waals surface area contributed by atoms with Gasteiger partial charge in [0.05, 0.1) is 16.2 Å². The van der Waals surface area contributed by atoms with E-state index in [0.717, 1.165) is 12.1 Å². The minimum absolute atomic E-state index is 0.0481. The largest absolute Gasteiger partial charge is 0.352 e. The third kappa shape index (κ3) is 4.57. The molecule has 0 saturated heterocycles. The van der Waals surface area contributed by atoms with E-state index < -0.39 is 31.4 Å². The normalized spacial score (nSPS) is 11.2. The average Bonchev–Trinajstić information content (AvgIpc) is 2.59. The zero-order valence-corrected chi connectivity index (χ0v) is 15.1. The molecule has 0 saturated carbocycles. The lowest BCUT2D eigenvalue weighted by atomic mass is 10.1. The number of rotatable bonds is 7. The van der Waals surface area contributed by atoms with E-state index >= 15 is 0 Å². The van der Waals surface area contributed by atoms with Gasteiger partial charge in [0.2, 0.25) is 0 Å². The minimum Gasteiger partial charge on any atom is -0.352 e. The monoisotopic (exact) mass is 377 g/mol. The number of amides is 1. The number of carbonyl (C=O) groups is 1. The van der Waals surface area contributed by atoms with Gasteiger partial charge in [-0.25, -0.2) is 8.42 Å². The van der Waals surface area contributed by atoms with E-state index in [9.17, 15) is 23.3 Å². The van der Waals surface area contributed by atoms with Gasteiger partial charge >= 0.3 is 0 Å². The summed E-state index contributed by atoms with van der Waals surface area (Å²) in [5.41, 5.74) is -0.357. The first-order valence-electron chi connectivity index (χ1n) is 7.86. The Morgan fingerprint density at radius 1 is 1.12 bits per heavy atom. The number of nitro groups is 1. The van der Waals surface area contributed by atoms with Crippen molar-refractivity contribution in [3.05, 3.63) is 64.2 Å². The van der Waals surface area contributed by atoms with Crippen molar-refractivity contribution >= 4 is 27.3 Å². The van der Waals surface area contributed by atoms with Crippen molar-refractivity contribution in [1.82, 2.24) is 5.32 Å². The van der Waals surface area contributed by atoms with Crippen LogP contribution in [0.1, 0.15) is 24.2 Å². The van der Waals surface area contributed by atoms with E-state index in [1.54, 1.807) is 12.1 Å². The van der Waals surface area contributed by atoms with Crippen LogP contribution in [0.15, 0.2) is 53.4 Å². The molecule has 1 amide bonds. The minimum atomic E-state index is -4.25. The lowest BCUT2D eigenvalue weighted by Crippen LogP contribution is -2.28. The second-order valence-corrected chi connectivity index (χ2v) is 7.63. The Hall–Kier alpha value is -2.94. The Morgan fingerprint density at radius 3 is 2.38 bits per heavy atom. The molecule has 0 atom stereocenters. The number of para-hydroxylation sites is 2. The number of benzene rings is 2. The summed E-state index contributed by atoms with van der Waals surface area (Å²) in [6, 6.07) is 11.1. The fourth-order valence-electron chi connectivity index (χ4n) is 2.20. The average molecular weight is 377 g/mol. The summed E-state index contributed by atoms with van der Waals surface area (Å²) in [7, 11) is -4.25. The van der Waals surface area contributed by atoms with Gasteiger partial charge in [0.1, 0.15) is 0 Å². The predicted molar refractivity (Wildman–Crippen MR) is 97.5 cm³/mol. The summed E-state index contributed by atoms with van der Waals surface area (Å²) in [4.78, 5) is 22.2. The highest BCUT2D eigenvalue weighted by atomic mass is 32.2. The Balaban J connectivity index is 2.37. The molecule has 0 spiro atoms. The van der Waals surface area contributed by atoms with E-state index in [1.165, 1.54) is 24.3 Å². The molecule has 9 heteroatoms. The molecular formula is C17H19N3O5S. The smallest absolute Gasteiger partial charge is 0.289 e. The summed E-state index contributed by atoms with van der Waals surface area (Å²) in [6.07, 6.45) is 0. The summed E-state index contributed by atoms with van der Waals surface area (Å²) in [5.74, 6) is -0.200. The van der Waals surface area contributed by atoms with Crippen LogP contribution in [0.5, 0.6) is 0 Å². The molecule has 0 aromatic heterocycles. The van der Waals surface area contributed by atoms with Gasteiger partial charge < -0.3 is 5.32 Å². The fourth-order valence-corrected chi connectivity index (χ4v) is 3.45. The Kier molecular flexibility index (Phi) is 5.93. The van der Waals surface area contributed by atoms with Gasteiger partial charge in [-0.15, -0.1) is 0 Å². The predicted octanol–water partition coefficient (Wildman–Crippen LogP) is 2.78. The summed E-state index contributed by atoms with van der Waals surface area (Å²) >= 11 is 0. The van der Waals surface area contributed by atoms with Crippen LogP contribution in [0.25, 0.3) is 0 Å². The van der Waals surface area contributed by atoms with Crippen LogP contribution in [0.4, 0.5) is 11.4 Å². The first-order valence-corrected chi connectivity index (χ1v) is 9.34. The molecule has 2 N–H and O–H groups in total. The molecule has 8 nitrogen and oxygen atoms in total. The first kappa shape index (κ1) is 19.4. The quantitative estimate of drug-likeness (QED) is 0.568. The van der Waals surface area contributed by atoms with Crippen LogP contribution in [0.2, 0.25) is 0 Å². The summed E-state index contributed by atoms with van der Waals surface area (Å²) in [5, 5.41) is 13.8. The number of nitrogens with one attached hydrogen (secondary N) is 2. The van der Waals surface area contributed by atoms with E-state index in [1.807, 2.05) is 13.8 Å². The van der Waals surface area contributed by atoms with Crippen LogP contribution >= 0.6 is 0 Å². The first-order chi connectivity index (χ1) is 12.2. The highest BCUT2D eigenvalue weighted by molar-refractivity contribution is 7.92. The Bertz CT molecular complexity index is 926. The number of carbonyl (C=O) groups excluding carboxylic acids is 1. The molecule has 26 heavy (non-hydrogen) atoms. The topological polar surface area (TPSA) is 118 Å². The molecule has 0 aliphatic rings. The fraction of sp³-hybridized carbons (Fsp3) is 0.235. The van der Waals surface area contributed by atoms with Crippen molar-refractivity contribution < 1.29 is 18.1 Å². The lowest BCUT2D eigenvalue weighted by Gasteiger charge is -2.13. The van der Waals surface area contributed by atoms with Crippen LogP contribution < -0.4 is 10.0 Å². The van der Waals surface area contributed by atoms with E-state index in [-0.39, 0.29) is 17.2 Å². The second-order valence-electron chi connectivity index (χ2n) is 5.98. The lowest BCUT2D eigenvalue weighted by molar-refractivity contribution is -0.387. The highest BCUT2D eigenvalue weighted by Gasteiger charge is 2.26. The van der Waals surface area contributed by atoms with Crippen molar-refractivity contribution in [3.8, 4) is 0 Å². The Morgan fingerprint density at radius 2 is 1.73 bits per heavy atom. The molecule has 0 bridgehead atoms. The maximum absolute atomic E-state index is 12.6. The molecule has 0 aliphatic carbocycles. The molecule has 2 aromatic rings. The maximum atomic E-state index is 12.6. The van der Waals surface area contributed by atoms with Crippen molar-refractivity contribution in [1.29, 1.82) is 0 Å². The number of hydrogen-bond acceptors (Lipinski definition) is 5. The van der Waals surface area contributed by atoms with Crippen molar-refractivity contribution in [2.45, 2.75) is 18.7 Å². The van der Waals surface area contributed by atoms with E-state index in [4.69, 9.17) is 0 Å². The number of nitrogens with zero attached hydrogens (tertiary/aromatic N) is 1. The molecular weight excluding hydrogens is 358 g/mol. The van der Waals surface area contributed by atoms with Gasteiger partial charge in [-0.05, 0) is 24.1 Å². The van der Waals surface area contributed by atoms with Crippen molar-refractivity contribution in [2.24, 2.45) is 5.92 Å². The molecule has 0 heterocycles. The SMILES string of the molecule is CC(C)CNC(=O)c1ccccc1NS(=O)(=O)c1ccccc1[N+](=O)[O-]. The molecule has 0 fully saturated rings. The summed E-state index contributed by atoms with van der Waals surface area (Å²) < 4.78 is 27.5. The number of nitro benzene ring substituents is 1. The molecule has 0 unspecified atom stereocenters. The number of hydrogen-bond donors (Lipinski definition) is 2. The molecule has 0 radical (unpaired) electrons. The number of anilines is 1. The van der Waals surface area contributed by atoms with Gasteiger partial charge in [0, 0.05) is 12.6 Å². The van der Waals surface area contributed by atoms with Crippen LogP contribution in [0.3, 0.4) is 0 Å². The van der Waals surface area contributed by atoms with E-state index in [2.05, 4.69) is 10.0 Å². The molecule has 138 valence electrons. The third-order valence-electron chi connectivity index (χ3n) is 3.44. The van der Waals surface area contributed by atoms with Gasteiger partial charge in [-0.2, -0.15) is 0 Å². The molecule has 2 aromatic carbocycles. The van der Waals surface area contributed by atoms with Crippen LogP contribution in [-0.4, -0.2) is 25.8 Å². The zero-order chi connectivity index (χ0) is 19.3. The number of sulfonamides is 1. The van der Waals surface area contributed by atoms with Crippen molar-refractivity contribution in [2.75, 3.05) is 11.3 Å². The van der Waals surface area contributed by atoms with E-state index in [0.29, 0.717) is 6.54 Å². The van der Waals surface area contributed by atoms with Crippen molar-refractivity contribution in [3.63, 3.8) is 0 Å². The summed E-state index contributed by atoms with van der Waals surface area (Å²) in [6.45, 7) is 4.30. The van der Waals surface area contributed by atoms with Crippen LogP contribution in [0, 0.1) is 16.0 Å². The standard InChI is InChI=1S/C17H19N3O5S/c1-12(2)11-18-17(21)13-7-3-4-8-14(13)19-26(24,25)16-10-6-5-9-15(16)20(22)23/h3-10,12,19H,11H2,1-2H3,(H,18,21). The third-order valence-corrected chi connectivity index (χ3v) is 4.85. The second kappa shape index (κ2) is 7.96. The maximum Gasteiger partial charge on any atom is 0.289 e. The highest BCUT2D eigenvalue weighted by Crippen LogP contribution is 2.26. The van der Waals surface area contributed by atoms with Crippen LogP contribution in [-0.2, 0) is 10.0 Å². The Labute approximate surface area is 151 Å². The van der Waals surface area contributed by atoms with Gasteiger partial charge in [0.25, 0.3) is 21.6 Å². The molecule has 0 aliphatic heterocycles. The van der Waals surface area contributed by atoms with Gasteiger partial charge in [0.15, 0.2) is 4.90 Å². The zero-order valence-electron chi connectivity index (χ0n) is 14.3.